The molecule has 0 aromatic heterocycles. The van der Waals surface area contributed by atoms with Gasteiger partial charge in [-0.1, -0.05) is 11.6 Å². The molecule has 0 spiro atoms. The number of methoxy groups -OCH3 is 1. The van der Waals surface area contributed by atoms with Crippen LogP contribution in [0.2, 0.25) is 0 Å². The SMILES string of the molecule is COC1=CC(=O)C(CC=C(C)C)=CC1=O. The van der Waals surface area contributed by atoms with Crippen molar-refractivity contribution in [3.05, 3.63) is 35.1 Å². The van der Waals surface area contributed by atoms with Crippen LogP contribution < -0.4 is 0 Å². The molecule has 0 aromatic carbocycles. The van der Waals surface area contributed by atoms with E-state index in [-0.39, 0.29) is 17.3 Å². The highest BCUT2D eigenvalue weighted by atomic mass is 16.5. The van der Waals surface area contributed by atoms with E-state index in [2.05, 4.69) is 0 Å². The minimum absolute atomic E-state index is 0.112. The Kier molecular flexibility index (Phi) is 3.61. The van der Waals surface area contributed by atoms with Crippen molar-refractivity contribution in [1.29, 1.82) is 0 Å². The van der Waals surface area contributed by atoms with Crippen molar-refractivity contribution in [3.63, 3.8) is 0 Å². The van der Waals surface area contributed by atoms with Crippen LogP contribution in [0.3, 0.4) is 0 Å². The third-order valence-electron chi connectivity index (χ3n) is 2.08. The second kappa shape index (κ2) is 4.73. The van der Waals surface area contributed by atoms with Gasteiger partial charge in [0.1, 0.15) is 0 Å². The highest BCUT2D eigenvalue weighted by Gasteiger charge is 2.19. The number of ether oxygens (including phenoxy) is 1. The summed E-state index contributed by atoms with van der Waals surface area (Å²) in [5.74, 6) is -0.279. The lowest BCUT2D eigenvalue weighted by atomic mass is 9.99. The molecule has 0 heterocycles. The number of carbonyl (C=O) groups excluding carboxylic acids is 2. The van der Waals surface area contributed by atoms with Crippen LogP contribution in [-0.2, 0) is 14.3 Å². The van der Waals surface area contributed by atoms with E-state index < -0.39 is 0 Å². The van der Waals surface area contributed by atoms with E-state index in [0.717, 1.165) is 5.57 Å². The number of hydrogen-bond acceptors (Lipinski definition) is 3. The Morgan fingerprint density at radius 1 is 1.27 bits per heavy atom. The zero-order valence-electron chi connectivity index (χ0n) is 9.16. The van der Waals surface area contributed by atoms with E-state index >= 15 is 0 Å². The Morgan fingerprint density at radius 2 is 1.93 bits per heavy atom. The minimum Gasteiger partial charge on any atom is -0.493 e. The summed E-state index contributed by atoms with van der Waals surface area (Å²) in [7, 11) is 1.38. The van der Waals surface area contributed by atoms with Gasteiger partial charge in [0.25, 0.3) is 0 Å². The summed E-state index contributed by atoms with van der Waals surface area (Å²) < 4.78 is 4.78. The van der Waals surface area contributed by atoms with Crippen molar-refractivity contribution < 1.29 is 14.3 Å². The van der Waals surface area contributed by atoms with Gasteiger partial charge in [-0.2, -0.15) is 0 Å². The normalized spacial score (nSPS) is 15.7. The van der Waals surface area contributed by atoms with Crippen LogP contribution in [0.15, 0.2) is 35.1 Å². The summed E-state index contributed by atoms with van der Waals surface area (Å²) in [4.78, 5) is 22.9. The maximum absolute atomic E-state index is 11.5. The smallest absolute Gasteiger partial charge is 0.220 e. The molecule has 0 aliphatic heterocycles. The molecule has 3 heteroatoms. The largest absolute Gasteiger partial charge is 0.493 e. The lowest BCUT2D eigenvalue weighted by Gasteiger charge is -2.09. The molecule has 0 amide bonds. The standard InChI is InChI=1S/C12H14O3/c1-8(2)4-5-9-6-11(14)12(15-3)7-10(9)13/h4,6-7H,5H2,1-3H3. The molecule has 0 bridgehead atoms. The predicted molar refractivity (Wildman–Crippen MR) is 57.2 cm³/mol. The molecule has 0 saturated heterocycles. The Balaban J connectivity index is 2.83. The highest BCUT2D eigenvalue weighted by molar-refractivity contribution is 6.19. The zero-order valence-corrected chi connectivity index (χ0v) is 9.16. The molecule has 0 aromatic rings. The molecule has 0 atom stereocenters. The van der Waals surface area contributed by atoms with Crippen LogP contribution in [0.5, 0.6) is 0 Å². The maximum atomic E-state index is 11.5. The summed E-state index contributed by atoms with van der Waals surface area (Å²) in [6.45, 7) is 3.90. The van der Waals surface area contributed by atoms with Crippen molar-refractivity contribution >= 4 is 11.6 Å². The second-order valence-electron chi connectivity index (χ2n) is 3.60. The molecule has 80 valence electrons. The fourth-order valence-electron chi connectivity index (χ4n) is 1.22. The van der Waals surface area contributed by atoms with Gasteiger partial charge in [-0.3, -0.25) is 9.59 Å². The second-order valence-corrected chi connectivity index (χ2v) is 3.60. The Bertz CT molecular complexity index is 380. The van der Waals surface area contributed by atoms with Gasteiger partial charge in [0, 0.05) is 11.6 Å². The third kappa shape index (κ3) is 2.91. The van der Waals surface area contributed by atoms with Gasteiger partial charge < -0.3 is 4.74 Å². The number of hydrogen-bond donors (Lipinski definition) is 0. The van der Waals surface area contributed by atoms with Gasteiger partial charge in [0.15, 0.2) is 11.5 Å². The number of ketones is 2. The summed E-state index contributed by atoms with van der Waals surface area (Å²) >= 11 is 0. The molecule has 1 aliphatic rings. The van der Waals surface area contributed by atoms with Crippen molar-refractivity contribution in [1.82, 2.24) is 0 Å². The van der Waals surface area contributed by atoms with E-state index in [1.165, 1.54) is 19.3 Å². The van der Waals surface area contributed by atoms with Gasteiger partial charge in [-0.25, -0.2) is 0 Å². The van der Waals surface area contributed by atoms with Crippen LogP contribution in [0.25, 0.3) is 0 Å². The van der Waals surface area contributed by atoms with Crippen LogP contribution in [0.4, 0.5) is 0 Å². The third-order valence-corrected chi connectivity index (χ3v) is 2.08. The minimum atomic E-state index is -0.241. The Labute approximate surface area is 89.1 Å². The topological polar surface area (TPSA) is 43.4 Å². The first kappa shape index (κ1) is 11.4. The highest BCUT2D eigenvalue weighted by Crippen LogP contribution is 2.16. The summed E-state index contributed by atoms with van der Waals surface area (Å²) in [5, 5.41) is 0. The molecular weight excluding hydrogens is 192 g/mol. The van der Waals surface area contributed by atoms with Gasteiger partial charge in [0.05, 0.1) is 7.11 Å². The molecule has 3 nitrogen and oxygen atoms in total. The van der Waals surface area contributed by atoms with E-state index in [1.807, 2.05) is 19.9 Å². The van der Waals surface area contributed by atoms with Gasteiger partial charge in [-0.15, -0.1) is 0 Å². The van der Waals surface area contributed by atoms with Gasteiger partial charge in [-0.05, 0) is 26.3 Å². The molecule has 0 fully saturated rings. The van der Waals surface area contributed by atoms with E-state index in [4.69, 9.17) is 4.74 Å². The molecular formula is C12H14O3. The first-order chi connectivity index (χ1) is 7.04. The monoisotopic (exact) mass is 206 g/mol. The van der Waals surface area contributed by atoms with Crippen LogP contribution >= 0.6 is 0 Å². The van der Waals surface area contributed by atoms with Crippen molar-refractivity contribution in [2.45, 2.75) is 20.3 Å². The summed E-state index contributed by atoms with van der Waals surface area (Å²) in [6, 6.07) is 0. The molecule has 0 radical (unpaired) electrons. The van der Waals surface area contributed by atoms with Gasteiger partial charge in [0.2, 0.25) is 5.78 Å². The maximum Gasteiger partial charge on any atom is 0.220 e. The summed E-state index contributed by atoms with van der Waals surface area (Å²) in [6.07, 6.45) is 5.01. The Morgan fingerprint density at radius 3 is 2.47 bits per heavy atom. The van der Waals surface area contributed by atoms with E-state index in [9.17, 15) is 9.59 Å². The van der Waals surface area contributed by atoms with Crippen molar-refractivity contribution in [3.8, 4) is 0 Å². The average molecular weight is 206 g/mol. The Hall–Kier alpha value is -1.64. The fourth-order valence-corrected chi connectivity index (χ4v) is 1.22. The van der Waals surface area contributed by atoms with Crippen LogP contribution in [-0.4, -0.2) is 18.7 Å². The van der Waals surface area contributed by atoms with Crippen LogP contribution in [0.1, 0.15) is 20.3 Å². The first-order valence-corrected chi connectivity index (χ1v) is 4.73. The molecule has 15 heavy (non-hydrogen) atoms. The lowest BCUT2D eigenvalue weighted by Crippen LogP contribution is -2.13. The molecule has 1 rings (SSSR count). The molecule has 0 saturated carbocycles. The number of carbonyl (C=O) groups is 2. The van der Waals surface area contributed by atoms with Gasteiger partial charge >= 0.3 is 0 Å². The van der Waals surface area contributed by atoms with Crippen molar-refractivity contribution in [2.24, 2.45) is 0 Å². The van der Waals surface area contributed by atoms with E-state index in [1.54, 1.807) is 0 Å². The number of rotatable bonds is 3. The lowest BCUT2D eigenvalue weighted by molar-refractivity contribution is -0.117. The van der Waals surface area contributed by atoms with Crippen LogP contribution in [0, 0.1) is 0 Å². The van der Waals surface area contributed by atoms with E-state index in [0.29, 0.717) is 12.0 Å². The first-order valence-electron chi connectivity index (χ1n) is 4.73. The summed E-state index contributed by atoms with van der Waals surface area (Å²) in [5.41, 5.74) is 1.64. The molecule has 1 aliphatic carbocycles. The quantitative estimate of drug-likeness (QED) is 0.523. The average Bonchev–Trinajstić information content (AvgIpc) is 2.18. The predicted octanol–water partition coefficient (Wildman–Crippen LogP) is 1.95. The zero-order chi connectivity index (χ0) is 11.4. The number of allylic oxidation sites excluding steroid dienone is 5. The van der Waals surface area contributed by atoms with Crippen molar-refractivity contribution in [2.75, 3.05) is 7.11 Å². The molecule has 0 N–H and O–H groups in total. The molecule has 0 unspecified atom stereocenters. The fraction of sp³-hybridized carbons (Fsp3) is 0.333.